The number of carbonyl (C=O) groups is 1. The molecule has 0 atom stereocenters. The maximum absolute atomic E-state index is 10.8. The number of nitrogens with zero attached hydrogens (tertiary/aromatic N) is 3. The van der Waals surface area contributed by atoms with Crippen LogP contribution < -0.4 is 0 Å². The summed E-state index contributed by atoms with van der Waals surface area (Å²) in [5.41, 5.74) is 1.27. The Morgan fingerprint density at radius 2 is 2.40 bits per heavy atom. The molecule has 5 nitrogen and oxygen atoms in total. The third-order valence-electron chi connectivity index (χ3n) is 2.16. The van der Waals surface area contributed by atoms with Gasteiger partial charge in [0.15, 0.2) is 0 Å². The number of aromatic carboxylic acids is 1. The van der Waals surface area contributed by atoms with Crippen molar-refractivity contribution in [3.05, 3.63) is 42.0 Å². The van der Waals surface area contributed by atoms with E-state index in [1.807, 2.05) is 13.2 Å². The van der Waals surface area contributed by atoms with Crippen molar-refractivity contribution >= 4 is 5.97 Å². The Labute approximate surface area is 86.6 Å². The molecule has 0 spiro atoms. The van der Waals surface area contributed by atoms with E-state index in [9.17, 15) is 4.79 Å². The van der Waals surface area contributed by atoms with Crippen LogP contribution in [0.25, 0.3) is 0 Å². The predicted molar refractivity (Wildman–Crippen MR) is 53.7 cm³/mol. The van der Waals surface area contributed by atoms with Crippen LogP contribution in [0.2, 0.25) is 0 Å². The largest absolute Gasteiger partial charge is 0.477 e. The van der Waals surface area contributed by atoms with E-state index < -0.39 is 5.97 Å². The topological polar surface area (TPSA) is 60.0 Å². The van der Waals surface area contributed by atoms with Gasteiger partial charge in [0, 0.05) is 25.0 Å². The van der Waals surface area contributed by atoms with Gasteiger partial charge in [0.1, 0.15) is 5.69 Å². The molecule has 0 aromatic carbocycles. The summed E-state index contributed by atoms with van der Waals surface area (Å²) >= 11 is 0. The third-order valence-corrected chi connectivity index (χ3v) is 2.16. The molecule has 0 radical (unpaired) electrons. The summed E-state index contributed by atoms with van der Waals surface area (Å²) in [7, 11) is 1.83. The molecule has 2 rings (SSSR count). The minimum Gasteiger partial charge on any atom is -0.477 e. The van der Waals surface area contributed by atoms with Gasteiger partial charge < -0.3 is 9.67 Å². The van der Waals surface area contributed by atoms with E-state index in [0.717, 1.165) is 5.56 Å². The van der Waals surface area contributed by atoms with Crippen molar-refractivity contribution in [1.82, 2.24) is 14.3 Å². The fourth-order valence-corrected chi connectivity index (χ4v) is 1.50. The van der Waals surface area contributed by atoms with Crippen molar-refractivity contribution in [2.24, 2.45) is 7.05 Å². The Morgan fingerprint density at radius 1 is 1.60 bits per heavy atom. The fraction of sp³-hybridized carbons (Fsp3) is 0.200. The first-order chi connectivity index (χ1) is 7.16. The second kappa shape index (κ2) is 3.61. The monoisotopic (exact) mass is 205 g/mol. The maximum atomic E-state index is 10.8. The molecule has 2 aromatic rings. The second-order valence-electron chi connectivity index (χ2n) is 3.35. The van der Waals surface area contributed by atoms with Crippen LogP contribution in [0.1, 0.15) is 16.1 Å². The number of carboxylic acids is 1. The molecule has 0 saturated carbocycles. The van der Waals surface area contributed by atoms with E-state index in [2.05, 4.69) is 5.10 Å². The maximum Gasteiger partial charge on any atom is 0.352 e. The van der Waals surface area contributed by atoms with Crippen LogP contribution in [-0.2, 0) is 13.6 Å². The molecule has 2 heterocycles. The summed E-state index contributed by atoms with van der Waals surface area (Å²) < 4.78 is 3.37. The van der Waals surface area contributed by atoms with Crippen LogP contribution in [0.3, 0.4) is 0 Å². The van der Waals surface area contributed by atoms with E-state index in [0.29, 0.717) is 12.2 Å². The highest BCUT2D eigenvalue weighted by Crippen LogP contribution is 2.06. The van der Waals surface area contributed by atoms with Crippen molar-refractivity contribution in [1.29, 1.82) is 0 Å². The average Bonchev–Trinajstić information content (AvgIpc) is 2.75. The summed E-state index contributed by atoms with van der Waals surface area (Å²) in [4.78, 5) is 10.8. The zero-order valence-corrected chi connectivity index (χ0v) is 8.29. The second-order valence-corrected chi connectivity index (χ2v) is 3.35. The molecule has 0 amide bonds. The zero-order chi connectivity index (χ0) is 10.8. The van der Waals surface area contributed by atoms with Crippen molar-refractivity contribution < 1.29 is 9.90 Å². The predicted octanol–water partition coefficient (Wildman–Crippen LogP) is 0.968. The first kappa shape index (κ1) is 9.51. The molecule has 0 bridgehead atoms. The van der Waals surface area contributed by atoms with Gasteiger partial charge in [0.2, 0.25) is 0 Å². The quantitative estimate of drug-likeness (QED) is 0.812. The Kier molecular flexibility index (Phi) is 2.29. The molecule has 0 fully saturated rings. The molecule has 78 valence electrons. The van der Waals surface area contributed by atoms with Crippen molar-refractivity contribution in [3.63, 3.8) is 0 Å². The van der Waals surface area contributed by atoms with Crippen LogP contribution >= 0.6 is 0 Å². The Morgan fingerprint density at radius 3 is 3.00 bits per heavy atom. The van der Waals surface area contributed by atoms with Gasteiger partial charge in [-0.05, 0) is 12.1 Å². The highest BCUT2D eigenvalue weighted by molar-refractivity contribution is 5.85. The molecule has 0 aliphatic heterocycles. The van der Waals surface area contributed by atoms with Gasteiger partial charge >= 0.3 is 5.97 Å². The summed E-state index contributed by atoms with van der Waals surface area (Å²) in [5.74, 6) is -0.913. The third kappa shape index (κ3) is 1.90. The molecule has 2 aromatic heterocycles. The van der Waals surface area contributed by atoms with Gasteiger partial charge in [-0.2, -0.15) is 5.10 Å². The minimum atomic E-state index is -0.913. The SMILES string of the molecule is Cn1cc(Cn2cccc2C(=O)O)cn1. The van der Waals surface area contributed by atoms with E-state index >= 15 is 0 Å². The lowest BCUT2D eigenvalue weighted by Gasteiger charge is -2.03. The summed E-state index contributed by atoms with van der Waals surface area (Å²) in [6.07, 6.45) is 5.34. The first-order valence-electron chi connectivity index (χ1n) is 4.53. The van der Waals surface area contributed by atoms with E-state index in [1.54, 1.807) is 33.8 Å². The fourth-order valence-electron chi connectivity index (χ4n) is 1.50. The van der Waals surface area contributed by atoms with Gasteiger partial charge in [-0.25, -0.2) is 4.79 Å². The van der Waals surface area contributed by atoms with Crippen LogP contribution in [0.4, 0.5) is 0 Å². The number of aryl methyl sites for hydroxylation is 1. The number of hydrogen-bond acceptors (Lipinski definition) is 2. The number of hydrogen-bond donors (Lipinski definition) is 1. The molecule has 0 saturated heterocycles. The summed E-state index contributed by atoms with van der Waals surface area (Å²) in [6, 6.07) is 3.30. The molecular weight excluding hydrogens is 194 g/mol. The molecule has 0 aliphatic rings. The summed E-state index contributed by atoms with van der Waals surface area (Å²) in [6.45, 7) is 0.530. The lowest BCUT2D eigenvalue weighted by molar-refractivity contribution is 0.0685. The Bertz CT molecular complexity index is 484. The summed E-state index contributed by atoms with van der Waals surface area (Å²) in [5, 5.41) is 12.9. The normalized spacial score (nSPS) is 10.5. The van der Waals surface area contributed by atoms with Crippen LogP contribution in [0.5, 0.6) is 0 Å². The molecule has 0 unspecified atom stereocenters. The van der Waals surface area contributed by atoms with E-state index in [1.165, 1.54) is 0 Å². The Hall–Kier alpha value is -2.04. The average molecular weight is 205 g/mol. The lowest BCUT2D eigenvalue weighted by atomic mass is 10.3. The van der Waals surface area contributed by atoms with Gasteiger partial charge in [-0.15, -0.1) is 0 Å². The van der Waals surface area contributed by atoms with Crippen molar-refractivity contribution in [3.8, 4) is 0 Å². The highest BCUT2D eigenvalue weighted by atomic mass is 16.4. The first-order valence-corrected chi connectivity index (χ1v) is 4.53. The molecule has 15 heavy (non-hydrogen) atoms. The molecule has 0 aliphatic carbocycles. The van der Waals surface area contributed by atoms with Crippen LogP contribution in [0, 0.1) is 0 Å². The highest BCUT2D eigenvalue weighted by Gasteiger charge is 2.08. The Balaban J connectivity index is 2.24. The van der Waals surface area contributed by atoms with Crippen LogP contribution in [0.15, 0.2) is 30.7 Å². The van der Waals surface area contributed by atoms with Gasteiger partial charge in [0.25, 0.3) is 0 Å². The number of rotatable bonds is 3. The number of aromatic nitrogens is 3. The number of carboxylic acid groups (broad SMARTS) is 1. The van der Waals surface area contributed by atoms with Crippen LogP contribution in [-0.4, -0.2) is 25.4 Å². The molecular formula is C10H11N3O2. The molecule has 1 N–H and O–H groups in total. The van der Waals surface area contributed by atoms with Crippen molar-refractivity contribution in [2.75, 3.05) is 0 Å². The van der Waals surface area contributed by atoms with E-state index in [4.69, 9.17) is 5.11 Å². The smallest absolute Gasteiger partial charge is 0.352 e. The minimum absolute atomic E-state index is 0.291. The van der Waals surface area contributed by atoms with E-state index in [-0.39, 0.29) is 0 Å². The van der Waals surface area contributed by atoms with Gasteiger partial charge in [-0.3, -0.25) is 4.68 Å². The lowest BCUT2D eigenvalue weighted by Crippen LogP contribution is -2.08. The molecule has 5 heteroatoms. The standard InChI is InChI=1S/C10H11N3O2/c1-12-6-8(5-11-12)7-13-4-2-3-9(13)10(14)15/h2-6H,7H2,1H3,(H,14,15). The zero-order valence-electron chi connectivity index (χ0n) is 8.29. The van der Waals surface area contributed by atoms with Gasteiger partial charge in [-0.1, -0.05) is 0 Å². The van der Waals surface area contributed by atoms with Crippen molar-refractivity contribution in [2.45, 2.75) is 6.54 Å². The van der Waals surface area contributed by atoms with Gasteiger partial charge in [0.05, 0.1) is 12.7 Å².